The van der Waals surface area contributed by atoms with Crippen LogP contribution in [0, 0.1) is 6.92 Å². The molecule has 0 radical (unpaired) electrons. The highest BCUT2D eigenvalue weighted by Gasteiger charge is 2.33. The molecule has 0 saturated carbocycles. The number of halogens is 1. The summed E-state index contributed by atoms with van der Waals surface area (Å²) < 4.78 is 11.5. The van der Waals surface area contributed by atoms with E-state index in [-0.39, 0.29) is 12.0 Å². The summed E-state index contributed by atoms with van der Waals surface area (Å²) in [6, 6.07) is 4.01. The van der Waals surface area contributed by atoms with Gasteiger partial charge in [0, 0.05) is 11.1 Å². The molecule has 0 spiro atoms. The minimum absolute atomic E-state index is 0.172. The lowest BCUT2D eigenvalue weighted by Gasteiger charge is -2.14. The monoisotopic (exact) mass is 280 g/mol. The lowest BCUT2D eigenvalue weighted by molar-refractivity contribution is 0.186. The van der Waals surface area contributed by atoms with Crippen LogP contribution in [0.5, 0.6) is 0 Å². The zero-order valence-corrected chi connectivity index (χ0v) is 11.8. The SMILES string of the molecule is CCNC1COCC1c1nc2cc(Cl)cc(C)c2o1. The van der Waals surface area contributed by atoms with Crippen LogP contribution in [0.4, 0.5) is 0 Å². The first-order valence-corrected chi connectivity index (χ1v) is 6.94. The number of aromatic nitrogens is 1. The number of benzene rings is 1. The Balaban J connectivity index is 1.99. The smallest absolute Gasteiger partial charge is 0.202 e. The summed E-state index contributed by atoms with van der Waals surface area (Å²) in [6.07, 6.45) is 0. The first-order chi connectivity index (χ1) is 9.19. The van der Waals surface area contributed by atoms with E-state index in [1.54, 1.807) is 0 Å². The van der Waals surface area contributed by atoms with Gasteiger partial charge in [-0.15, -0.1) is 0 Å². The number of nitrogens with one attached hydrogen (secondary N) is 1. The molecule has 1 aliphatic heterocycles. The number of likely N-dealkylation sites (N-methyl/N-ethyl adjacent to an activating group) is 1. The van der Waals surface area contributed by atoms with Gasteiger partial charge in [-0.3, -0.25) is 0 Å². The van der Waals surface area contributed by atoms with E-state index < -0.39 is 0 Å². The third-order valence-corrected chi connectivity index (χ3v) is 3.74. The molecule has 0 bridgehead atoms. The maximum Gasteiger partial charge on any atom is 0.202 e. The number of nitrogens with zero attached hydrogens (tertiary/aromatic N) is 1. The Morgan fingerprint density at radius 2 is 2.26 bits per heavy atom. The summed E-state index contributed by atoms with van der Waals surface area (Å²) in [5.74, 6) is 0.911. The molecule has 102 valence electrons. The minimum atomic E-state index is 0.172. The van der Waals surface area contributed by atoms with E-state index in [9.17, 15) is 0 Å². The fourth-order valence-corrected chi connectivity index (χ4v) is 2.86. The quantitative estimate of drug-likeness (QED) is 0.939. The third kappa shape index (κ3) is 2.36. The lowest BCUT2D eigenvalue weighted by atomic mass is 10.0. The van der Waals surface area contributed by atoms with Crippen LogP contribution >= 0.6 is 11.6 Å². The van der Waals surface area contributed by atoms with Crippen LogP contribution in [0.1, 0.15) is 24.3 Å². The van der Waals surface area contributed by atoms with E-state index in [0.29, 0.717) is 18.2 Å². The van der Waals surface area contributed by atoms with Gasteiger partial charge in [0.25, 0.3) is 0 Å². The molecule has 1 saturated heterocycles. The largest absolute Gasteiger partial charge is 0.440 e. The topological polar surface area (TPSA) is 47.3 Å². The van der Waals surface area contributed by atoms with Gasteiger partial charge < -0.3 is 14.5 Å². The summed E-state index contributed by atoms with van der Waals surface area (Å²) in [4.78, 5) is 4.58. The van der Waals surface area contributed by atoms with E-state index in [0.717, 1.165) is 29.1 Å². The predicted molar refractivity (Wildman–Crippen MR) is 74.8 cm³/mol. The van der Waals surface area contributed by atoms with Gasteiger partial charge in [-0.25, -0.2) is 4.98 Å². The van der Waals surface area contributed by atoms with E-state index in [1.807, 2.05) is 19.1 Å². The van der Waals surface area contributed by atoms with Gasteiger partial charge in [0.1, 0.15) is 5.52 Å². The zero-order valence-electron chi connectivity index (χ0n) is 11.1. The molecule has 1 aliphatic rings. The number of ether oxygens (including phenoxy) is 1. The first kappa shape index (κ1) is 12.9. The summed E-state index contributed by atoms with van der Waals surface area (Å²) in [7, 11) is 0. The van der Waals surface area contributed by atoms with Crippen molar-refractivity contribution in [1.29, 1.82) is 0 Å². The van der Waals surface area contributed by atoms with Crippen molar-refractivity contribution in [2.24, 2.45) is 0 Å². The van der Waals surface area contributed by atoms with Crippen LogP contribution in [0.3, 0.4) is 0 Å². The van der Waals surface area contributed by atoms with Crippen molar-refractivity contribution in [2.45, 2.75) is 25.8 Å². The molecule has 2 unspecified atom stereocenters. The normalized spacial score (nSPS) is 23.3. The second kappa shape index (κ2) is 5.12. The zero-order chi connectivity index (χ0) is 13.4. The Bertz CT molecular complexity index is 596. The molecule has 1 aromatic heterocycles. The van der Waals surface area contributed by atoms with Crippen molar-refractivity contribution in [3.8, 4) is 0 Å². The van der Waals surface area contributed by atoms with Crippen molar-refractivity contribution < 1.29 is 9.15 Å². The molecular weight excluding hydrogens is 264 g/mol. The van der Waals surface area contributed by atoms with Crippen molar-refractivity contribution in [2.75, 3.05) is 19.8 Å². The Labute approximate surface area is 117 Å². The standard InChI is InChI=1S/C14H17ClN2O2/c1-3-16-12-7-18-6-10(12)14-17-11-5-9(15)4-8(2)13(11)19-14/h4-5,10,12,16H,3,6-7H2,1-2H3. The van der Waals surface area contributed by atoms with Crippen LogP contribution in [0.25, 0.3) is 11.1 Å². The Morgan fingerprint density at radius 1 is 1.42 bits per heavy atom. The molecule has 3 rings (SSSR count). The maximum atomic E-state index is 6.05. The maximum absolute atomic E-state index is 6.05. The summed E-state index contributed by atoms with van der Waals surface area (Å²) in [5, 5.41) is 4.10. The molecule has 4 nitrogen and oxygen atoms in total. The number of rotatable bonds is 3. The van der Waals surface area contributed by atoms with Crippen LogP contribution in [-0.4, -0.2) is 30.8 Å². The highest BCUT2D eigenvalue weighted by Crippen LogP contribution is 2.30. The predicted octanol–water partition coefficient (Wildman–Crippen LogP) is 2.88. The second-order valence-electron chi connectivity index (χ2n) is 4.93. The molecule has 19 heavy (non-hydrogen) atoms. The second-order valence-corrected chi connectivity index (χ2v) is 5.37. The van der Waals surface area contributed by atoms with Gasteiger partial charge in [0.15, 0.2) is 5.58 Å². The molecule has 1 N–H and O–H groups in total. The number of hydrogen-bond donors (Lipinski definition) is 1. The van der Waals surface area contributed by atoms with Crippen molar-refractivity contribution in [3.63, 3.8) is 0 Å². The van der Waals surface area contributed by atoms with Crippen LogP contribution < -0.4 is 5.32 Å². The fourth-order valence-electron chi connectivity index (χ4n) is 2.59. The van der Waals surface area contributed by atoms with E-state index in [2.05, 4.69) is 17.2 Å². The molecule has 5 heteroatoms. The average molecular weight is 281 g/mol. The molecule has 0 amide bonds. The van der Waals surface area contributed by atoms with Gasteiger partial charge in [0.05, 0.1) is 19.1 Å². The number of aryl methyl sites for hydroxylation is 1. The summed E-state index contributed by atoms with van der Waals surface area (Å²) in [6.45, 7) is 6.34. The van der Waals surface area contributed by atoms with Gasteiger partial charge in [-0.2, -0.15) is 0 Å². The van der Waals surface area contributed by atoms with Gasteiger partial charge in [-0.05, 0) is 31.2 Å². The molecule has 2 atom stereocenters. The summed E-state index contributed by atoms with van der Waals surface area (Å²) in [5.41, 5.74) is 2.66. The van der Waals surface area contributed by atoms with Gasteiger partial charge >= 0.3 is 0 Å². The highest BCUT2D eigenvalue weighted by atomic mass is 35.5. The van der Waals surface area contributed by atoms with Gasteiger partial charge in [-0.1, -0.05) is 18.5 Å². The lowest BCUT2D eigenvalue weighted by Crippen LogP contribution is -2.34. The van der Waals surface area contributed by atoms with E-state index >= 15 is 0 Å². The molecular formula is C14H17ClN2O2. The van der Waals surface area contributed by atoms with Gasteiger partial charge in [0.2, 0.25) is 5.89 Å². The molecule has 2 heterocycles. The Morgan fingerprint density at radius 3 is 3.05 bits per heavy atom. The van der Waals surface area contributed by atoms with Crippen LogP contribution in [0.2, 0.25) is 5.02 Å². The van der Waals surface area contributed by atoms with Crippen LogP contribution in [-0.2, 0) is 4.74 Å². The highest BCUT2D eigenvalue weighted by molar-refractivity contribution is 6.31. The fraction of sp³-hybridized carbons (Fsp3) is 0.500. The van der Waals surface area contributed by atoms with Crippen molar-refractivity contribution in [3.05, 3.63) is 28.6 Å². The van der Waals surface area contributed by atoms with Crippen molar-refractivity contribution in [1.82, 2.24) is 10.3 Å². The third-order valence-electron chi connectivity index (χ3n) is 3.52. The van der Waals surface area contributed by atoms with Crippen molar-refractivity contribution >= 4 is 22.7 Å². The van der Waals surface area contributed by atoms with E-state index in [4.69, 9.17) is 20.8 Å². The molecule has 1 fully saturated rings. The summed E-state index contributed by atoms with van der Waals surface area (Å²) >= 11 is 6.05. The molecule has 2 aromatic rings. The van der Waals surface area contributed by atoms with Crippen LogP contribution in [0.15, 0.2) is 16.5 Å². The number of hydrogen-bond acceptors (Lipinski definition) is 4. The minimum Gasteiger partial charge on any atom is -0.440 e. The number of fused-ring (bicyclic) bond motifs is 1. The first-order valence-electron chi connectivity index (χ1n) is 6.56. The molecule has 0 aliphatic carbocycles. The molecule has 1 aromatic carbocycles. The van der Waals surface area contributed by atoms with E-state index in [1.165, 1.54) is 0 Å². The Kier molecular flexibility index (Phi) is 3.48. The number of oxazole rings is 1. The Hall–Kier alpha value is -1.10. The average Bonchev–Trinajstić information content (AvgIpc) is 2.95.